The third-order valence-corrected chi connectivity index (χ3v) is 7.15. The van der Waals surface area contributed by atoms with Crippen molar-refractivity contribution in [3.8, 4) is 0 Å². The number of rotatable bonds is 3. The van der Waals surface area contributed by atoms with Gasteiger partial charge in [-0.25, -0.2) is 0 Å². The molecule has 3 unspecified atom stereocenters. The van der Waals surface area contributed by atoms with Crippen molar-refractivity contribution in [2.75, 3.05) is 5.75 Å². The Labute approximate surface area is 124 Å². The van der Waals surface area contributed by atoms with Gasteiger partial charge in [0.2, 0.25) is 0 Å². The fraction of sp³-hybridized carbons (Fsp3) is 0.750. The van der Waals surface area contributed by atoms with E-state index in [1.54, 1.807) is 0 Å². The predicted molar refractivity (Wildman–Crippen MR) is 84.9 cm³/mol. The molecular weight excluding hydrogens is 272 g/mol. The van der Waals surface area contributed by atoms with E-state index in [1.165, 1.54) is 59.6 Å². The SMILES string of the molecule is CCC1CCCCC1C(O)c1cc2c(s1)CCSC2. The monoisotopic (exact) mass is 296 g/mol. The standard InChI is InChI=1S/C16H24OS2/c1-2-11-5-3-4-6-13(11)16(17)15-9-12-10-18-8-7-14(12)19-15/h9,11,13,16-17H,2-8,10H2,1H3. The average molecular weight is 297 g/mol. The molecule has 2 heterocycles. The predicted octanol–water partition coefficient (Wildman–Crippen LogP) is 4.79. The van der Waals surface area contributed by atoms with Crippen LogP contribution in [-0.2, 0) is 12.2 Å². The van der Waals surface area contributed by atoms with Gasteiger partial charge < -0.3 is 5.11 Å². The molecule has 1 nitrogen and oxygen atoms in total. The first-order valence-electron chi connectivity index (χ1n) is 7.67. The summed E-state index contributed by atoms with van der Waals surface area (Å²) in [4.78, 5) is 2.79. The van der Waals surface area contributed by atoms with Crippen LogP contribution in [0.15, 0.2) is 6.07 Å². The minimum Gasteiger partial charge on any atom is -0.387 e. The van der Waals surface area contributed by atoms with Crippen LogP contribution >= 0.6 is 23.1 Å². The summed E-state index contributed by atoms with van der Waals surface area (Å²) in [7, 11) is 0. The molecule has 0 spiro atoms. The number of aryl methyl sites for hydroxylation is 1. The fourth-order valence-electron chi connectivity index (χ4n) is 3.69. The quantitative estimate of drug-likeness (QED) is 0.865. The van der Waals surface area contributed by atoms with Crippen LogP contribution in [0.2, 0.25) is 0 Å². The van der Waals surface area contributed by atoms with Gasteiger partial charge >= 0.3 is 0 Å². The Balaban J connectivity index is 1.78. The molecule has 1 aromatic heterocycles. The van der Waals surface area contributed by atoms with Crippen molar-refractivity contribution in [1.82, 2.24) is 0 Å². The zero-order valence-electron chi connectivity index (χ0n) is 11.7. The highest BCUT2D eigenvalue weighted by Crippen LogP contribution is 2.43. The van der Waals surface area contributed by atoms with Crippen LogP contribution < -0.4 is 0 Å². The highest BCUT2D eigenvalue weighted by molar-refractivity contribution is 7.98. The van der Waals surface area contributed by atoms with Crippen molar-refractivity contribution >= 4 is 23.1 Å². The number of thiophene rings is 1. The molecule has 1 aliphatic heterocycles. The summed E-state index contributed by atoms with van der Waals surface area (Å²) in [6.45, 7) is 2.28. The third kappa shape index (κ3) is 2.88. The van der Waals surface area contributed by atoms with E-state index >= 15 is 0 Å². The molecule has 0 aromatic carbocycles. The van der Waals surface area contributed by atoms with Crippen LogP contribution in [0.4, 0.5) is 0 Å². The first-order chi connectivity index (χ1) is 9.29. The van der Waals surface area contributed by atoms with E-state index in [1.807, 2.05) is 23.1 Å². The first-order valence-corrected chi connectivity index (χ1v) is 9.64. The minimum absolute atomic E-state index is 0.203. The average Bonchev–Trinajstić information content (AvgIpc) is 2.90. The van der Waals surface area contributed by atoms with Gasteiger partial charge in [-0.1, -0.05) is 32.6 Å². The van der Waals surface area contributed by atoms with Crippen LogP contribution in [-0.4, -0.2) is 10.9 Å². The van der Waals surface area contributed by atoms with Gasteiger partial charge in [-0.05, 0) is 42.1 Å². The summed E-state index contributed by atoms with van der Waals surface area (Å²) < 4.78 is 0. The third-order valence-electron chi connectivity index (χ3n) is 4.84. The molecule has 1 saturated carbocycles. The van der Waals surface area contributed by atoms with Gasteiger partial charge in [-0.15, -0.1) is 11.3 Å². The lowest BCUT2D eigenvalue weighted by Gasteiger charge is -2.34. The van der Waals surface area contributed by atoms with E-state index in [0.717, 1.165) is 11.7 Å². The van der Waals surface area contributed by atoms with Crippen molar-refractivity contribution in [3.05, 3.63) is 21.4 Å². The van der Waals surface area contributed by atoms with Gasteiger partial charge in [0.15, 0.2) is 0 Å². The van der Waals surface area contributed by atoms with Crippen LogP contribution in [0.1, 0.15) is 60.4 Å². The van der Waals surface area contributed by atoms with Crippen LogP contribution in [0.5, 0.6) is 0 Å². The van der Waals surface area contributed by atoms with Crippen molar-refractivity contribution in [2.24, 2.45) is 11.8 Å². The molecule has 0 saturated heterocycles. The van der Waals surface area contributed by atoms with E-state index in [2.05, 4.69) is 13.0 Å². The van der Waals surface area contributed by atoms with Crippen LogP contribution in [0, 0.1) is 11.8 Å². The molecule has 0 amide bonds. The Hall–Kier alpha value is 0.01000. The second kappa shape index (κ2) is 6.19. The zero-order valence-corrected chi connectivity index (χ0v) is 13.4. The second-order valence-corrected chi connectivity index (χ2v) is 8.23. The smallest absolute Gasteiger partial charge is 0.0912 e. The molecule has 2 aliphatic rings. The van der Waals surface area contributed by atoms with E-state index in [4.69, 9.17) is 0 Å². The van der Waals surface area contributed by atoms with E-state index in [0.29, 0.717) is 5.92 Å². The number of aliphatic hydroxyl groups is 1. The molecule has 1 aliphatic carbocycles. The van der Waals surface area contributed by atoms with E-state index in [-0.39, 0.29) is 6.10 Å². The highest BCUT2D eigenvalue weighted by Gasteiger charge is 2.32. The Morgan fingerprint density at radius 1 is 1.37 bits per heavy atom. The van der Waals surface area contributed by atoms with Gasteiger partial charge in [0.25, 0.3) is 0 Å². The Kier molecular flexibility index (Phi) is 4.55. The lowest BCUT2D eigenvalue weighted by Crippen LogP contribution is -2.24. The van der Waals surface area contributed by atoms with E-state index in [9.17, 15) is 5.11 Å². The number of fused-ring (bicyclic) bond motifs is 1. The summed E-state index contributed by atoms with van der Waals surface area (Å²) in [5.74, 6) is 3.65. The summed E-state index contributed by atoms with van der Waals surface area (Å²) in [6.07, 6.45) is 7.43. The molecule has 19 heavy (non-hydrogen) atoms. The molecular formula is C16H24OS2. The normalized spacial score (nSPS) is 28.9. The molecule has 3 atom stereocenters. The second-order valence-electron chi connectivity index (χ2n) is 5.96. The van der Waals surface area contributed by atoms with E-state index < -0.39 is 0 Å². The molecule has 0 radical (unpaired) electrons. The molecule has 3 heteroatoms. The number of aliphatic hydroxyl groups excluding tert-OH is 1. The van der Waals surface area contributed by atoms with Gasteiger partial charge in [0.05, 0.1) is 6.10 Å². The van der Waals surface area contributed by atoms with Crippen molar-refractivity contribution < 1.29 is 5.11 Å². The lowest BCUT2D eigenvalue weighted by molar-refractivity contribution is 0.0477. The van der Waals surface area contributed by atoms with Crippen molar-refractivity contribution in [3.63, 3.8) is 0 Å². The summed E-state index contributed by atoms with van der Waals surface area (Å²) >= 11 is 3.91. The van der Waals surface area contributed by atoms with Gasteiger partial charge in [-0.2, -0.15) is 11.8 Å². The molecule has 0 bridgehead atoms. The van der Waals surface area contributed by atoms with Gasteiger partial charge in [0, 0.05) is 15.5 Å². The summed E-state index contributed by atoms with van der Waals surface area (Å²) in [5, 5.41) is 10.8. The Morgan fingerprint density at radius 2 is 2.21 bits per heavy atom. The maximum absolute atomic E-state index is 10.8. The zero-order chi connectivity index (χ0) is 13.2. The molecule has 1 fully saturated rings. The number of hydrogen-bond acceptors (Lipinski definition) is 3. The Morgan fingerprint density at radius 3 is 3.00 bits per heavy atom. The number of hydrogen-bond donors (Lipinski definition) is 1. The lowest BCUT2D eigenvalue weighted by atomic mass is 9.74. The largest absolute Gasteiger partial charge is 0.387 e. The molecule has 106 valence electrons. The summed E-state index contributed by atoms with van der Waals surface area (Å²) in [5.41, 5.74) is 1.50. The van der Waals surface area contributed by atoms with Crippen molar-refractivity contribution in [2.45, 2.75) is 57.3 Å². The number of thioether (sulfide) groups is 1. The highest BCUT2D eigenvalue weighted by atomic mass is 32.2. The van der Waals surface area contributed by atoms with Crippen molar-refractivity contribution in [1.29, 1.82) is 0 Å². The van der Waals surface area contributed by atoms with Gasteiger partial charge in [0.1, 0.15) is 0 Å². The first kappa shape index (κ1) is 14.0. The molecule has 1 N–H and O–H groups in total. The maximum Gasteiger partial charge on any atom is 0.0912 e. The maximum atomic E-state index is 10.8. The molecule has 1 aromatic rings. The fourth-order valence-corrected chi connectivity index (χ4v) is 6.12. The van der Waals surface area contributed by atoms with Gasteiger partial charge in [-0.3, -0.25) is 0 Å². The summed E-state index contributed by atoms with van der Waals surface area (Å²) in [6, 6.07) is 2.30. The topological polar surface area (TPSA) is 20.2 Å². The minimum atomic E-state index is -0.203. The van der Waals surface area contributed by atoms with Crippen LogP contribution in [0.3, 0.4) is 0 Å². The van der Waals surface area contributed by atoms with Crippen LogP contribution in [0.25, 0.3) is 0 Å². The molecule has 3 rings (SSSR count). The Bertz CT molecular complexity index is 403.